The molecular formula is C17H36N4O2S. The van der Waals surface area contributed by atoms with Gasteiger partial charge in [-0.15, -0.1) is 0 Å². The van der Waals surface area contributed by atoms with E-state index in [0.29, 0.717) is 30.4 Å². The van der Waals surface area contributed by atoms with Crippen LogP contribution < -0.4 is 15.4 Å². The Kier molecular flexibility index (Phi) is 9.66. The molecule has 1 aliphatic carbocycles. The fourth-order valence-corrected chi connectivity index (χ4v) is 3.47. The number of rotatable bonds is 11. The van der Waals surface area contributed by atoms with Crippen LogP contribution >= 0.6 is 0 Å². The summed E-state index contributed by atoms with van der Waals surface area (Å²) in [5.41, 5.74) is 0. The Morgan fingerprint density at radius 3 is 2.46 bits per heavy atom. The molecule has 0 amide bonds. The fraction of sp³-hybridized carbons (Fsp3) is 0.941. The highest BCUT2D eigenvalue weighted by atomic mass is 32.2. The van der Waals surface area contributed by atoms with Gasteiger partial charge in [0.25, 0.3) is 0 Å². The second-order valence-electron chi connectivity index (χ2n) is 7.24. The third-order valence-electron chi connectivity index (χ3n) is 4.35. The minimum Gasteiger partial charge on any atom is -0.357 e. The quantitative estimate of drug-likeness (QED) is 0.389. The van der Waals surface area contributed by atoms with Gasteiger partial charge >= 0.3 is 0 Å². The molecule has 3 N–H and O–H groups in total. The highest BCUT2D eigenvalue weighted by Gasteiger charge is 2.20. The topological polar surface area (TPSA) is 82.6 Å². The van der Waals surface area contributed by atoms with Gasteiger partial charge in [-0.3, -0.25) is 4.99 Å². The van der Waals surface area contributed by atoms with E-state index >= 15 is 0 Å². The molecule has 0 saturated heterocycles. The molecule has 1 aliphatic rings. The molecule has 0 aromatic rings. The van der Waals surface area contributed by atoms with E-state index in [1.807, 2.05) is 6.92 Å². The van der Waals surface area contributed by atoms with Crippen LogP contribution in [0.25, 0.3) is 0 Å². The van der Waals surface area contributed by atoms with Crippen molar-refractivity contribution in [2.45, 2.75) is 65.8 Å². The third-order valence-corrected chi connectivity index (χ3v) is 5.68. The monoisotopic (exact) mass is 360 g/mol. The summed E-state index contributed by atoms with van der Waals surface area (Å²) in [5, 5.41) is 6.53. The summed E-state index contributed by atoms with van der Waals surface area (Å²) in [5.74, 6) is 1.95. The normalized spacial score (nSPS) is 17.6. The van der Waals surface area contributed by atoms with Crippen LogP contribution in [0.3, 0.4) is 0 Å². The molecule has 24 heavy (non-hydrogen) atoms. The lowest BCUT2D eigenvalue weighted by Crippen LogP contribution is -2.42. The molecule has 0 heterocycles. The van der Waals surface area contributed by atoms with Crippen LogP contribution in [0.5, 0.6) is 0 Å². The number of nitrogens with one attached hydrogen (secondary N) is 3. The van der Waals surface area contributed by atoms with Gasteiger partial charge in [-0.05, 0) is 51.4 Å². The molecule has 1 unspecified atom stereocenters. The van der Waals surface area contributed by atoms with E-state index in [-0.39, 0.29) is 12.3 Å². The number of guanidine groups is 1. The summed E-state index contributed by atoms with van der Waals surface area (Å²) >= 11 is 0. The Bertz CT molecular complexity index is 473. The van der Waals surface area contributed by atoms with E-state index in [1.165, 1.54) is 6.42 Å². The largest absolute Gasteiger partial charge is 0.357 e. The van der Waals surface area contributed by atoms with Gasteiger partial charge < -0.3 is 10.6 Å². The maximum Gasteiger partial charge on any atom is 0.213 e. The Morgan fingerprint density at radius 2 is 1.92 bits per heavy atom. The maximum atomic E-state index is 12.0. The first kappa shape index (κ1) is 21.2. The van der Waals surface area contributed by atoms with Crippen molar-refractivity contribution in [3.63, 3.8) is 0 Å². The summed E-state index contributed by atoms with van der Waals surface area (Å²) in [6, 6.07) is 0.318. The van der Waals surface area contributed by atoms with Crippen molar-refractivity contribution >= 4 is 16.0 Å². The smallest absolute Gasteiger partial charge is 0.213 e. The average molecular weight is 361 g/mol. The molecule has 1 saturated carbocycles. The van der Waals surface area contributed by atoms with E-state index in [9.17, 15) is 8.42 Å². The number of hydrogen-bond acceptors (Lipinski definition) is 3. The van der Waals surface area contributed by atoms with E-state index in [1.54, 1.807) is 0 Å². The minimum absolute atomic E-state index is 0.0384. The molecule has 142 valence electrons. The Hall–Kier alpha value is -0.820. The van der Waals surface area contributed by atoms with Crippen LogP contribution in [-0.4, -0.2) is 45.8 Å². The molecule has 1 rings (SSSR count). The predicted molar refractivity (Wildman–Crippen MR) is 102 cm³/mol. The molecule has 0 spiro atoms. The van der Waals surface area contributed by atoms with Crippen LogP contribution in [0, 0.1) is 11.8 Å². The Morgan fingerprint density at radius 1 is 1.21 bits per heavy atom. The van der Waals surface area contributed by atoms with Crippen LogP contribution in [0.2, 0.25) is 0 Å². The van der Waals surface area contributed by atoms with Crippen molar-refractivity contribution in [3.05, 3.63) is 0 Å². The molecule has 0 aromatic heterocycles. The van der Waals surface area contributed by atoms with Gasteiger partial charge in [0.15, 0.2) is 5.96 Å². The Labute approximate surface area is 148 Å². The summed E-state index contributed by atoms with van der Waals surface area (Å²) in [6.07, 6.45) is 5.74. The van der Waals surface area contributed by atoms with Crippen LogP contribution in [0.4, 0.5) is 0 Å². The molecule has 0 bridgehead atoms. The van der Waals surface area contributed by atoms with Crippen LogP contribution in [0.15, 0.2) is 4.99 Å². The molecule has 0 aliphatic heterocycles. The Balaban J connectivity index is 2.37. The van der Waals surface area contributed by atoms with Crippen molar-refractivity contribution in [3.8, 4) is 0 Å². The molecule has 0 radical (unpaired) electrons. The lowest BCUT2D eigenvalue weighted by molar-refractivity contribution is 0.316. The lowest BCUT2D eigenvalue weighted by Gasteiger charge is -2.25. The van der Waals surface area contributed by atoms with Crippen molar-refractivity contribution in [2.24, 2.45) is 16.8 Å². The second-order valence-corrected chi connectivity index (χ2v) is 9.17. The fourth-order valence-electron chi connectivity index (χ4n) is 2.50. The SMILES string of the molecule is CCNC(=NCCS(=O)(=O)NCC1CCC1)NC(C)CCC(C)C. The van der Waals surface area contributed by atoms with E-state index in [0.717, 1.165) is 32.2 Å². The summed E-state index contributed by atoms with van der Waals surface area (Å²) in [4.78, 5) is 4.40. The van der Waals surface area contributed by atoms with Crippen LogP contribution in [-0.2, 0) is 10.0 Å². The molecule has 0 aromatic carbocycles. The van der Waals surface area contributed by atoms with Gasteiger partial charge in [0.2, 0.25) is 10.0 Å². The third kappa shape index (κ3) is 9.47. The molecule has 1 atom stereocenters. The summed E-state index contributed by atoms with van der Waals surface area (Å²) in [6.45, 7) is 10.2. The molecule has 1 fully saturated rings. The van der Waals surface area contributed by atoms with Gasteiger partial charge in [-0.2, -0.15) is 0 Å². The van der Waals surface area contributed by atoms with Gasteiger partial charge in [0, 0.05) is 19.1 Å². The summed E-state index contributed by atoms with van der Waals surface area (Å²) in [7, 11) is -3.23. The van der Waals surface area contributed by atoms with Crippen LogP contribution in [0.1, 0.15) is 59.8 Å². The molecule has 6 nitrogen and oxygen atoms in total. The first-order valence-electron chi connectivity index (χ1n) is 9.34. The highest BCUT2D eigenvalue weighted by molar-refractivity contribution is 7.89. The number of aliphatic imine (C=N–C) groups is 1. The van der Waals surface area contributed by atoms with Gasteiger partial charge in [0.05, 0.1) is 12.3 Å². The zero-order chi connectivity index (χ0) is 18.0. The van der Waals surface area contributed by atoms with Gasteiger partial charge in [-0.1, -0.05) is 20.3 Å². The van der Waals surface area contributed by atoms with Gasteiger partial charge in [0.1, 0.15) is 0 Å². The van der Waals surface area contributed by atoms with Gasteiger partial charge in [-0.25, -0.2) is 13.1 Å². The minimum atomic E-state index is -3.23. The molecule has 7 heteroatoms. The first-order valence-corrected chi connectivity index (χ1v) is 11.0. The van der Waals surface area contributed by atoms with Crippen molar-refractivity contribution in [1.82, 2.24) is 15.4 Å². The number of nitrogens with zero attached hydrogens (tertiary/aromatic N) is 1. The van der Waals surface area contributed by atoms with E-state index < -0.39 is 10.0 Å². The maximum absolute atomic E-state index is 12.0. The van der Waals surface area contributed by atoms with Crippen molar-refractivity contribution in [2.75, 3.05) is 25.4 Å². The predicted octanol–water partition coefficient (Wildman–Crippen LogP) is 2.09. The standard InChI is InChI=1S/C17H36N4O2S/c1-5-18-17(21-15(4)10-9-14(2)3)19-11-12-24(22,23)20-13-16-7-6-8-16/h14-16,20H,5-13H2,1-4H3,(H2,18,19,21). The second kappa shape index (κ2) is 10.9. The first-order chi connectivity index (χ1) is 11.3. The van der Waals surface area contributed by atoms with Crippen molar-refractivity contribution in [1.29, 1.82) is 0 Å². The average Bonchev–Trinajstić information content (AvgIpc) is 2.43. The highest BCUT2D eigenvalue weighted by Crippen LogP contribution is 2.25. The van der Waals surface area contributed by atoms with Crippen molar-refractivity contribution < 1.29 is 8.42 Å². The zero-order valence-corrected chi connectivity index (χ0v) is 16.6. The lowest BCUT2D eigenvalue weighted by atomic mass is 9.86. The zero-order valence-electron chi connectivity index (χ0n) is 15.8. The number of hydrogen-bond donors (Lipinski definition) is 3. The van der Waals surface area contributed by atoms with E-state index in [4.69, 9.17) is 0 Å². The number of sulfonamides is 1. The van der Waals surface area contributed by atoms with E-state index in [2.05, 4.69) is 41.1 Å². The summed E-state index contributed by atoms with van der Waals surface area (Å²) < 4.78 is 26.7. The molecular weight excluding hydrogens is 324 g/mol.